The van der Waals surface area contributed by atoms with Gasteiger partial charge in [0.15, 0.2) is 11.5 Å². The first-order chi connectivity index (χ1) is 18.5. The zero-order chi connectivity index (χ0) is 26.5. The second-order valence-corrected chi connectivity index (χ2v) is 8.83. The van der Waals surface area contributed by atoms with Crippen molar-refractivity contribution in [1.82, 2.24) is 34.7 Å². The lowest BCUT2D eigenvalue weighted by Crippen LogP contribution is -2.22. The van der Waals surface area contributed by atoms with Crippen molar-refractivity contribution in [3.8, 4) is 17.3 Å². The first-order valence-corrected chi connectivity index (χ1v) is 12.2. The Labute approximate surface area is 217 Å². The number of ether oxygens (including phenoxy) is 1. The first-order valence-electron chi connectivity index (χ1n) is 12.2. The summed E-state index contributed by atoms with van der Waals surface area (Å²) < 4.78 is 37.2. The van der Waals surface area contributed by atoms with Gasteiger partial charge in [-0.3, -0.25) is 4.99 Å². The smallest absolute Gasteiger partial charge is 0.333 e. The lowest BCUT2D eigenvalue weighted by Gasteiger charge is -2.15. The van der Waals surface area contributed by atoms with Crippen LogP contribution in [0.5, 0.6) is 5.88 Å². The van der Waals surface area contributed by atoms with E-state index in [4.69, 9.17) is 10.5 Å². The van der Waals surface area contributed by atoms with Crippen LogP contribution >= 0.6 is 0 Å². The van der Waals surface area contributed by atoms with Crippen molar-refractivity contribution in [2.24, 2.45) is 10.7 Å². The van der Waals surface area contributed by atoms with Crippen molar-refractivity contribution in [1.29, 1.82) is 0 Å². The molecule has 4 aromatic rings. The zero-order valence-corrected chi connectivity index (χ0v) is 20.8. The van der Waals surface area contributed by atoms with Gasteiger partial charge in [-0.1, -0.05) is 18.2 Å². The number of fused-ring (bicyclic) bond motifs is 1. The van der Waals surface area contributed by atoms with Gasteiger partial charge in [-0.2, -0.15) is 13.3 Å². The number of alkyl halides is 2. The number of aliphatic imine (C=N–C) groups is 1. The van der Waals surface area contributed by atoms with Crippen LogP contribution in [0.4, 0.5) is 8.78 Å². The third kappa shape index (κ3) is 5.21. The summed E-state index contributed by atoms with van der Waals surface area (Å²) in [7, 11) is 1.40. The molecule has 38 heavy (non-hydrogen) atoms. The number of nitrogens with zero attached hydrogens (tertiary/aromatic N) is 8. The number of hydrogen-bond acceptors (Lipinski definition) is 9. The fraction of sp³-hybridized carbons (Fsp3) is 0.308. The molecule has 1 fully saturated rings. The third-order valence-electron chi connectivity index (χ3n) is 6.35. The molecule has 0 atom stereocenters. The second-order valence-electron chi connectivity index (χ2n) is 8.83. The molecule has 3 aromatic heterocycles. The molecular formula is C26H27F2N9O. The van der Waals surface area contributed by atoms with Gasteiger partial charge < -0.3 is 15.4 Å². The van der Waals surface area contributed by atoms with Gasteiger partial charge in [0.2, 0.25) is 11.7 Å². The number of halogens is 2. The van der Waals surface area contributed by atoms with E-state index < -0.39 is 11.7 Å². The van der Waals surface area contributed by atoms with E-state index in [9.17, 15) is 0 Å². The fourth-order valence-electron chi connectivity index (χ4n) is 4.27. The largest absolute Gasteiger partial charge is 0.480 e. The Bertz CT molecular complexity index is 1460. The van der Waals surface area contributed by atoms with Crippen LogP contribution in [0.1, 0.15) is 29.8 Å². The Morgan fingerprint density at radius 3 is 2.66 bits per heavy atom. The van der Waals surface area contributed by atoms with Crippen molar-refractivity contribution in [3.05, 3.63) is 71.9 Å². The van der Waals surface area contributed by atoms with E-state index in [-0.39, 0.29) is 17.1 Å². The molecule has 2 N–H and O–H groups in total. The lowest BCUT2D eigenvalue weighted by atomic mass is 10.0. The van der Waals surface area contributed by atoms with Gasteiger partial charge in [0, 0.05) is 59.7 Å². The molecule has 1 aromatic carbocycles. The van der Waals surface area contributed by atoms with Crippen molar-refractivity contribution < 1.29 is 13.5 Å². The number of likely N-dealkylation sites (tertiary alicyclic amines) is 1. The zero-order valence-electron chi connectivity index (χ0n) is 20.8. The summed E-state index contributed by atoms with van der Waals surface area (Å²) in [5.41, 5.74) is 7.46. The van der Waals surface area contributed by atoms with Crippen LogP contribution in [0, 0.1) is 0 Å². The highest BCUT2D eigenvalue weighted by molar-refractivity contribution is 6.09. The Morgan fingerprint density at radius 1 is 1.13 bits per heavy atom. The summed E-state index contributed by atoms with van der Waals surface area (Å²) >= 11 is 0. The number of aromatic nitrogens is 6. The van der Waals surface area contributed by atoms with Crippen LogP contribution < -0.4 is 10.5 Å². The SMILES string of the molecule is COc1ccc2nnc(C(F)(F)c3cccc(-c4ncc(C(C=NCCN5CCCC5)=CN)cn4)c3)n2n1. The summed E-state index contributed by atoms with van der Waals surface area (Å²) in [5, 5.41) is 11.5. The minimum Gasteiger partial charge on any atom is -0.480 e. The van der Waals surface area contributed by atoms with E-state index in [0.29, 0.717) is 29.1 Å². The highest BCUT2D eigenvalue weighted by Crippen LogP contribution is 2.36. The molecule has 10 nitrogen and oxygen atoms in total. The Hall–Kier alpha value is -4.32. The maximum Gasteiger partial charge on any atom is 0.333 e. The summed E-state index contributed by atoms with van der Waals surface area (Å²) in [5.74, 6) is -3.66. The summed E-state index contributed by atoms with van der Waals surface area (Å²) in [6.45, 7) is 3.84. The molecule has 0 bridgehead atoms. The molecule has 0 aliphatic carbocycles. The number of methoxy groups -OCH3 is 1. The minimum absolute atomic E-state index is 0.166. The predicted octanol–water partition coefficient (Wildman–Crippen LogP) is 3.20. The van der Waals surface area contributed by atoms with Gasteiger partial charge in [-0.25, -0.2) is 9.97 Å². The summed E-state index contributed by atoms with van der Waals surface area (Å²) in [4.78, 5) is 15.6. The number of nitrogens with two attached hydrogens (primary N) is 1. The molecule has 196 valence electrons. The van der Waals surface area contributed by atoms with Crippen molar-refractivity contribution in [2.45, 2.75) is 18.8 Å². The average molecular weight is 520 g/mol. The first kappa shape index (κ1) is 25.3. The Kier molecular flexibility index (Phi) is 7.31. The predicted molar refractivity (Wildman–Crippen MR) is 139 cm³/mol. The molecule has 12 heteroatoms. The molecule has 0 radical (unpaired) electrons. The van der Waals surface area contributed by atoms with Crippen LogP contribution in [0.25, 0.3) is 22.6 Å². The number of benzene rings is 1. The van der Waals surface area contributed by atoms with Crippen molar-refractivity contribution in [3.63, 3.8) is 0 Å². The lowest BCUT2D eigenvalue weighted by molar-refractivity contribution is 0.0305. The minimum atomic E-state index is -3.49. The number of allylic oxidation sites excluding steroid dienone is 1. The maximum atomic E-state index is 15.6. The maximum absolute atomic E-state index is 15.6. The molecule has 0 spiro atoms. The Balaban J connectivity index is 1.34. The second kappa shape index (κ2) is 11.0. The van der Waals surface area contributed by atoms with Crippen LogP contribution in [0.2, 0.25) is 0 Å². The van der Waals surface area contributed by atoms with Crippen LogP contribution in [0.15, 0.2) is 60.0 Å². The van der Waals surface area contributed by atoms with E-state index in [0.717, 1.165) is 24.1 Å². The molecule has 5 rings (SSSR count). The van der Waals surface area contributed by atoms with Crippen LogP contribution in [0.3, 0.4) is 0 Å². The van der Waals surface area contributed by atoms with Crippen LogP contribution in [-0.2, 0) is 5.92 Å². The normalized spacial score (nSPS) is 15.1. The molecule has 1 aliphatic rings. The molecule has 1 saturated heterocycles. The van der Waals surface area contributed by atoms with Crippen molar-refractivity contribution in [2.75, 3.05) is 33.3 Å². The van der Waals surface area contributed by atoms with E-state index >= 15 is 8.78 Å². The van der Waals surface area contributed by atoms with Gasteiger partial charge in [-0.05, 0) is 38.1 Å². The standard InChI is InChI=1S/C26H27F2N9O/c1-38-23-8-7-22-33-34-25(37(22)35-23)26(27,28)21-6-4-5-18(13-21)24-31-16-20(17-32-24)19(14-29)15-30-9-12-36-10-2-3-11-36/h4-8,13-17H,2-3,9-12,29H2,1H3. The molecule has 0 saturated carbocycles. The molecule has 1 aliphatic heterocycles. The van der Waals surface area contributed by atoms with E-state index in [1.165, 1.54) is 56.5 Å². The van der Waals surface area contributed by atoms with E-state index in [1.807, 2.05) is 0 Å². The van der Waals surface area contributed by atoms with Gasteiger partial charge in [-0.15, -0.1) is 15.3 Å². The topological polar surface area (TPSA) is 120 Å². The average Bonchev–Trinajstić information content (AvgIpc) is 3.63. The highest BCUT2D eigenvalue weighted by Gasteiger charge is 2.40. The van der Waals surface area contributed by atoms with Crippen LogP contribution in [-0.4, -0.2) is 74.2 Å². The highest BCUT2D eigenvalue weighted by atomic mass is 19.3. The van der Waals surface area contributed by atoms with Gasteiger partial charge in [0.1, 0.15) is 0 Å². The monoisotopic (exact) mass is 519 g/mol. The quantitative estimate of drug-likeness (QED) is 0.335. The molecule has 0 unspecified atom stereocenters. The molecule has 4 heterocycles. The van der Waals surface area contributed by atoms with Crippen molar-refractivity contribution >= 4 is 17.4 Å². The third-order valence-corrected chi connectivity index (χ3v) is 6.35. The van der Waals surface area contributed by atoms with Gasteiger partial charge >= 0.3 is 5.92 Å². The Morgan fingerprint density at radius 2 is 1.92 bits per heavy atom. The summed E-state index contributed by atoms with van der Waals surface area (Å²) in [6.07, 6.45) is 8.84. The fourth-order valence-corrected chi connectivity index (χ4v) is 4.27. The number of rotatable bonds is 9. The van der Waals surface area contributed by atoms with Gasteiger partial charge in [0.05, 0.1) is 13.7 Å². The summed E-state index contributed by atoms with van der Waals surface area (Å²) in [6, 6.07) is 8.86. The van der Waals surface area contributed by atoms with E-state index in [2.05, 4.69) is 35.2 Å². The van der Waals surface area contributed by atoms with E-state index in [1.54, 1.807) is 24.7 Å². The molecular weight excluding hydrogens is 492 g/mol. The number of hydrogen-bond donors (Lipinski definition) is 1. The van der Waals surface area contributed by atoms with Gasteiger partial charge in [0.25, 0.3) is 0 Å². The molecule has 0 amide bonds.